The van der Waals surface area contributed by atoms with Gasteiger partial charge in [0.25, 0.3) is 0 Å². The van der Waals surface area contributed by atoms with E-state index in [1.807, 2.05) is 12.1 Å². The second-order valence-electron chi connectivity index (χ2n) is 8.20. The lowest BCUT2D eigenvalue weighted by Gasteiger charge is -2.39. The van der Waals surface area contributed by atoms with Crippen LogP contribution in [-0.4, -0.2) is 67.8 Å². The van der Waals surface area contributed by atoms with Crippen molar-refractivity contribution in [1.29, 1.82) is 0 Å². The summed E-state index contributed by atoms with van der Waals surface area (Å²) in [4.78, 5) is 17.5. The van der Waals surface area contributed by atoms with Crippen molar-refractivity contribution >= 4 is 17.6 Å². The third-order valence-corrected chi connectivity index (χ3v) is 6.60. The molecule has 1 atom stereocenters. The number of likely N-dealkylation sites (tertiary alicyclic amines) is 1. The first-order chi connectivity index (χ1) is 13.2. The molecule has 2 aliphatic heterocycles. The third-order valence-electron chi connectivity index (χ3n) is 6.35. The molecule has 3 fully saturated rings. The van der Waals surface area contributed by atoms with Gasteiger partial charge in [-0.25, -0.2) is 4.79 Å². The van der Waals surface area contributed by atoms with Gasteiger partial charge in [0.1, 0.15) is 0 Å². The number of morpholine rings is 1. The number of nitrogens with one attached hydrogen (secondary N) is 1. The summed E-state index contributed by atoms with van der Waals surface area (Å²) in [5.74, 6) is 0. The van der Waals surface area contributed by atoms with Crippen molar-refractivity contribution in [3.63, 3.8) is 0 Å². The lowest BCUT2D eigenvalue weighted by Crippen LogP contribution is -2.54. The maximum Gasteiger partial charge on any atom is 0.317 e. The molecular formula is C21H30ClN3O2. The molecule has 27 heavy (non-hydrogen) atoms. The molecule has 2 amide bonds. The van der Waals surface area contributed by atoms with Gasteiger partial charge in [-0.3, -0.25) is 4.90 Å². The molecule has 2 saturated heterocycles. The van der Waals surface area contributed by atoms with Crippen LogP contribution in [0.4, 0.5) is 4.79 Å². The van der Waals surface area contributed by atoms with Gasteiger partial charge in [-0.15, -0.1) is 0 Å². The summed E-state index contributed by atoms with van der Waals surface area (Å²) < 4.78 is 5.45. The topological polar surface area (TPSA) is 44.8 Å². The summed E-state index contributed by atoms with van der Waals surface area (Å²) in [5, 5.41) is 4.01. The van der Waals surface area contributed by atoms with Crippen molar-refractivity contribution in [2.45, 2.75) is 43.6 Å². The van der Waals surface area contributed by atoms with E-state index in [0.29, 0.717) is 12.6 Å². The highest BCUT2D eigenvalue weighted by molar-refractivity contribution is 6.30. The van der Waals surface area contributed by atoms with E-state index in [9.17, 15) is 4.79 Å². The van der Waals surface area contributed by atoms with Crippen LogP contribution >= 0.6 is 11.6 Å². The molecule has 1 N–H and O–H groups in total. The molecule has 4 rings (SSSR count). The highest BCUT2D eigenvalue weighted by atomic mass is 35.5. The Morgan fingerprint density at radius 1 is 1.15 bits per heavy atom. The number of amides is 2. The fraction of sp³-hybridized carbons (Fsp3) is 0.667. The number of carbonyl (C=O) groups excluding carboxylic acids is 1. The number of benzene rings is 1. The zero-order valence-electron chi connectivity index (χ0n) is 16.0. The van der Waals surface area contributed by atoms with Gasteiger partial charge >= 0.3 is 6.03 Å². The SMILES string of the molecule is O=C(NCC1(c2ccc(Cl)cc2)CC1)N1CCCC[C@@H]1CN1CCOCC1. The largest absolute Gasteiger partial charge is 0.379 e. The molecule has 0 aromatic heterocycles. The Morgan fingerprint density at radius 2 is 1.89 bits per heavy atom. The molecule has 1 saturated carbocycles. The lowest BCUT2D eigenvalue weighted by atomic mass is 9.96. The Kier molecular flexibility index (Phi) is 5.90. The Balaban J connectivity index is 1.34. The highest BCUT2D eigenvalue weighted by Crippen LogP contribution is 2.47. The molecule has 0 unspecified atom stereocenters. The van der Waals surface area contributed by atoms with Crippen LogP contribution in [0.3, 0.4) is 0 Å². The van der Waals surface area contributed by atoms with Crippen LogP contribution in [0, 0.1) is 0 Å². The van der Waals surface area contributed by atoms with Crippen LogP contribution in [-0.2, 0) is 10.2 Å². The molecule has 0 bridgehead atoms. The van der Waals surface area contributed by atoms with Gasteiger partial charge in [-0.05, 0) is 49.8 Å². The number of ether oxygens (including phenoxy) is 1. The van der Waals surface area contributed by atoms with Crippen LogP contribution in [0.1, 0.15) is 37.7 Å². The van der Waals surface area contributed by atoms with Crippen molar-refractivity contribution in [3.8, 4) is 0 Å². The quantitative estimate of drug-likeness (QED) is 0.837. The van der Waals surface area contributed by atoms with Crippen molar-refractivity contribution in [2.24, 2.45) is 0 Å². The van der Waals surface area contributed by atoms with E-state index in [0.717, 1.165) is 70.1 Å². The molecule has 1 aromatic rings. The summed E-state index contributed by atoms with van der Waals surface area (Å²) in [7, 11) is 0. The molecule has 6 heteroatoms. The zero-order chi connectivity index (χ0) is 18.7. The molecule has 1 aromatic carbocycles. The van der Waals surface area contributed by atoms with Crippen molar-refractivity contribution < 1.29 is 9.53 Å². The molecule has 0 radical (unpaired) electrons. The summed E-state index contributed by atoms with van der Waals surface area (Å²) in [5.41, 5.74) is 1.39. The first-order valence-electron chi connectivity index (χ1n) is 10.3. The smallest absolute Gasteiger partial charge is 0.317 e. The average molecular weight is 392 g/mol. The normalized spacial score (nSPS) is 25.2. The molecular weight excluding hydrogens is 362 g/mol. The fourth-order valence-corrected chi connectivity index (χ4v) is 4.53. The predicted molar refractivity (Wildman–Crippen MR) is 107 cm³/mol. The van der Waals surface area contributed by atoms with Gasteiger partial charge in [-0.2, -0.15) is 0 Å². The number of urea groups is 1. The van der Waals surface area contributed by atoms with Crippen molar-refractivity contribution in [2.75, 3.05) is 45.9 Å². The molecule has 0 spiro atoms. The van der Waals surface area contributed by atoms with Crippen molar-refractivity contribution in [1.82, 2.24) is 15.1 Å². The minimum Gasteiger partial charge on any atom is -0.379 e. The van der Waals surface area contributed by atoms with E-state index < -0.39 is 0 Å². The minimum absolute atomic E-state index is 0.105. The van der Waals surface area contributed by atoms with Gasteiger partial charge in [0.05, 0.1) is 13.2 Å². The number of rotatable bonds is 5. The Morgan fingerprint density at radius 3 is 2.59 bits per heavy atom. The summed E-state index contributed by atoms with van der Waals surface area (Å²) in [6, 6.07) is 8.52. The zero-order valence-corrected chi connectivity index (χ0v) is 16.7. The lowest BCUT2D eigenvalue weighted by molar-refractivity contribution is 0.0221. The summed E-state index contributed by atoms with van der Waals surface area (Å²) in [6.07, 6.45) is 5.69. The average Bonchev–Trinajstić information content (AvgIpc) is 3.49. The van der Waals surface area contributed by atoms with Crippen molar-refractivity contribution in [3.05, 3.63) is 34.9 Å². The first-order valence-corrected chi connectivity index (χ1v) is 10.6. The molecule has 148 valence electrons. The second-order valence-corrected chi connectivity index (χ2v) is 8.64. The highest BCUT2D eigenvalue weighted by Gasteiger charge is 2.44. The van der Waals surface area contributed by atoms with E-state index in [-0.39, 0.29) is 11.4 Å². The van der Waals surface area contributed by atoms with E-state index in [1.54, 1.807) is 0 Å². The molecule has 1 aliphatic carbocycles. The van der Waals surface area contributed by atoms with E-state index in [1.165, 1.54) is 12.0 Å². The second kappa shape index (κ2) is 8.38. The Hall–Kier alpha value is -1.30. The Bertz CT molecular complexity index is 641. The first kappa shape index (κ1) is 19.0. The Labute approximate surface area is 167 Å². The number of nitrogens with zero attached hydrogens (tertiary/aromatic N) is 2. The van der Waals surface area contributed by atoms with Gasteiger partial charge < -0.3 is 15.0 Å². The number of piperidine rings is 1. The number of hydrogen-bond donors (Lipinski definition) is 1. The summed E-state index contributed by atoms with van der Waals surface area (Å²) in [6.45, 7) is 6.13. The van der Waals surface area contributed by atoms with Crippen LogP contribution in [0.25, 0.3) is 0 Å². The van der Waals surface area contributed by atoms with Crippen LogP contribution in [0.15, 0.2) is 24.3 Å². The maximum absolute atomic E-state index is 13.0. The van der Waals surface area contributed by atoms with Crippen LogP contribution in [0.5, 0.6) is 0 Å². The van der Waals surface area contributed by atoms with E-state index >= 15 is 0 Å². The number of carbonyl (C=O) groups is 1. The predicted octanol–water partition coefficient (Wildman–Crippen LogP) is 3.27. The summed E-state index contributed by atoms with van der Waals surface area (Å²) >= 11 is 6.02. The van der Waals surface area contributed by atoms with Gasteiger partial charge in [-0.1, -0.05) is 23.7 Å². The fourth-order valence-electron chi connectivity index (χ4n) is 4.41. The number of hydrogen-bond acceptors (Lipinski definition) is 3. The van der Waals surface area contributed by atoms with Crippen LogP contribution in [0.2, 0.25) is 5.02 Å². The van der Waals surface area contributed by atoms with E-state index in [4.69, 9.17) is 16.3 Å². The molecule has 5 nitrogen and oxygen atoms in total. The van der Waals surface area contributed by atoms with E-state index in [2.05, 4.69) is 27.2 Å². The minimum atomic E-state index is 0.105. The van der Waals surface area contributed by atoms with Gasteiger partial charge in [0.15, 0.2) is 0 Å². The molecule has 2 heterocycles. The maximum atomic E-state index is 13.0. The third kappa shape index (κ3) is 4.58. The van der Waals surface area contributed by atoms with Gasteiger partial charge in [0, 0.05) is 49.2 Å². The standard InChI is InChI=1S/C21H30ClN3O2/c22-18-6-4-17(5-7-18)21(8-9-21)16-23-20(26)25-10-2-1-3-19(25)15-24-11-13-27-14-12-24/h4-7,19H,1-3,8-16H2,(H,23,26)/t19-/m1/s1. The van der Waals surface area contributed by atoms with Crippen LogP contribution < -0.4 is 5.32 Å². The molecule has 3 aliphatic rings. The number of halogens is 1. The van der Waals surface area contributed by atoms with Gasteiger partial charge in [0.2, 0.25) is 0 Å². The monoisotopic (exact) mass is 391 g/mol.